The summed E-state index contributed by atoms with van der Waals surface area (Å²) >= 11 is 0. The molecule has 2 fully saturated rings. The van der Waals surface area contributed by atoms with Gasteiger partial charge in [-0.15, -0.1) is 0 Å². The molecule has 0 bridgehead atoms. The predicted molar refractivity (Wildman–Crippen MR) is 92.1 cm³/mol. The van der Waals surface area contributed by atoms with E-state index >= 15 is 0 Å². The highest BCUT2D eigenvalue weighted by Crippen LogP contribution is 2.47. The lowest BCUT2D eigenvalue weighted by molar-refractivity contribution is -0.384. The zero-order chi connectivity index (χ0) is 19.5. The lowest BCUT2D eigenvalue weighted by Gasteiger charge is -2.55. The minimum atomic E-state index is -1.62. The summed E-state index contributed by atoms with van der Waals surface area (Å²) in [6.07, 6.45) is -0.689. The van der Waals surface area contributed by atoms with Crippen molar-refractivity contribution in [3.63, 3.8) is 0 Å². The maximum absolute atomic E-state index is 12.9. The normalized spacial score (nSPS) is 28.9. The monoisotopic (exact) mass is 374 g/mol. The third-order valence-corrected chi connectivity index (χ3v) is 5.50. The van der Waals surface area contributed by atoms with Gasteiger partial charge in [-0.3, -0.25) is 30.3 Å². The molecule has 0 unspecified atom stereocenters. The van der Waals surface area contributed by atoms with Gasteiger partial charge < -0.3 is 9.64 Å². The van der Waals surface area contributed by atoms with E-state index in [4.69, 9.17) is 4.74 Å². The van der Waals surface area contributed by atoms with Crippen molar-refractivity contribution in [3.8, 4) is 0 Å². The molecule has 3 aliphatic heterocycles. The van der Waals surface area contributed by atoms with Crippen molar-refractivity contribution in [3.05, 3.63) is 33.9 Å². The topological polar surface area (TPSA) is 131 Å². The van der Waals surface area contributed by atoms with Crippen LogP contribution in [0.5, 0.6) is 0 Å². The van der Waals surface area contributed by atoms with E-state index < -0.39 is 40.3 Å². The molecule has 1 aromatic rings. The quantitative estimate of drug-likeness (QED) is 0.415. The van der Waals surface area contributed by atoms with Crippen LogP contribution in [0.25, 0.3) is 0 Å². The number of amides is 4. The van der Waals surface area contributed by atoms with Crippen LogP contribution in [0, 0.1) is 15.5 Å². The molecule has 2 N–H and O–H groups in total. The molecule has 27 heavy (non-hydrogen) atoms. The molecule has 0 aromatic heterocycles. The van der Waals surface area contributed by atoms with Crippen molar-refractivity contribution in [1.29, 1.82) is 0 Å². The largest absolute Gasteiger partial charge is 0.372 e. The summed E-state index contributed by atoms with van der Waals surface area (Å²) in [5.41, 5.74) is -0.489. The first-order chi connectivity index (χ1) is 12.7. The van der Waals surface area contributed by atoms with Crippen LogP contribution in [-0.4, -0.2) is 47.6 Å². The number of imide groups is 2. The summed E-state index contributed by atoms with van der Waals surface area (Å²) in [6.45, 7) is 4.07. The second-order valence-corrected chi connectivity index (χ2v) is 7.20. The number of nitro groups is 1. The number of non-ortho nitro benzene ring substituents is 1. The summed E-state index contributed by atoms with van der Waals surface area (Å²) in [5.74, 6) is -1.43. The molecule has 0 radical (unpaired) electrons. The predicted octanol–water partition coefficient (Wildman–Crippen LogP) is 0.485. The van der Waals surface area contributed by atoms with Gasteiger partial charge in [-0.05, 0) is 25.5 Å². The average molecular weight is 374 g/mol. The Hall–Kier alpha value is -3.01. The van der Waals surface area contributed by atoms with Crippen LogP contribution < -0.4 is 15.5 Å². The SMILES string of the molecule is C[C@@H]1CN2c3ccc([N+](=O)[O-])cc3CC3(C(=O)NC(=O)NC3=O)[C@@H]2[C@H](C)O1. The second-order valence-electron chi connectivity index (χ2n) is 7.20. The van der Waals surface area contributed by atoms with Crippen LogP contribution in [-0.2, 0) is 20.7 Å². The number of hydrogen-bond acceptors (Lipinski definition) is 7. The first-order valence-corrected chi connectivity index (χ1v) is 8.60. The van der Waals surface area contributed by atoms with Gasteiger partial charge >= 0.3 is 6.03 Å². The summed E-state index contributed by atoms with van der Waals surface area (Å²) < 4.78 is 5.89. The number of fused-ring (bicyclic) bond motifs is 4. The van der Waals surface area contributed by atoms with Crippen molar-refractivity contribution in [2.24, 2.45) is 5.41 Å². The van der Waals surface area contributed by atoms with Gasteiger partial charge in [-0.2, -0.15) is 0 Å². The lowest BCUT2D eigenvalue weighted by Crippen LogP contribution is -2.75. The molecule has 0 aliphatic carbocycles. The molecule has 10 heteroatoms. The van der Waals surface area contributed by atoms with Gasteiger partial charge in [0.15, 0.2) is 5.41 Å². The van der Waals surface area contributed by atoms with Crippen molar-refractivity contribution in [1.82, 2.24) is 10.6 Å². The number of ether oxygens (including phenoxy) is 1. The summed E-state index contributed by atoms with van der Waals surface area (Å²) in [4.78, 5) is 49.9. The number of nitrogens with one attached hydrogen (secondary N) is 2. The fraction of sp³-hybridized carbons (Fsp3) is 0.471. The Morgan fingerprint density at radius 2 is 1.89 bits per heavy atom. The number of nitrogens with zero attached hydrogens (tertiary/aromatic N) is 2. The van der Waals surface area contributed by atoms with Crippen LogP contribution >= 0.6 is 0 Å². The Bertz CT molecular complexity index is 864. The Labute approximate surface area is 154 Å². The molecule has 3 atom stereocenters. The van der Waals surface area contributed by atoms with E-state index in [1.165, 1.54) is 12.1 Å². The number of barbiturate groups is 1. The number of morpholine rings is 1. The summed E-state index contributed by atoms with van der Waals surface area (Å²) in [7, 11) is 0. The van der Waals surface area contributed by atoms with Crippen molar-refractivity contribution in [2.75, 3.05) is 11.4 Å². The number of hydrogen-bond donors (Lipinski definition) is 2. The maximum atomic E-state index is 12.9. The smallest absolute Gasteiger partial charge is 0.328 e. The number of benzene rings is 1. The van der Waals surface area contributed by atoms with Crippen LogP contribution in [0.1, 0.15) is 19.4 Å². The van der Waals surface area contributed by atoms with E-state index in [0.717, 1.165) is 5.69 Å². The molecule has 142 valence electrons. The van der Waals surface area contributed by atoms with E-state index in [0.29, 0.717) is 12.1 Å². The van der Waals surface area contributed by atoms with Crippen LogP contribution in [0.2, 0.25) is 0 Å². The molecule has 4 rings (SSSR count). The van der Waals surface area contributed by atoms with E-state index in [-0.39, 0.29) is 18.2 Å². The van der Waals surface area contributed by atoms with Gasteiger partial charge in [0.1, 0.15) is 0 Å². The molecule has 10 nitrogen and oxygen atoms in total. The van der Waals surface area contributed by atoms with Gasteiger partial charge in [0.2, 0.25) is 11.8 Å². The molecule has 3 aliphatic rings. The Balaban J connectivity index is 1.92. The maximum Gasteiger partial charge on any atom is 0.328 e. The standard InChI is InChI=1S/C17H18N4O6/c1-8-7-20-12-4-3-11(21(25)26)5-10(12)6-17(13(20)9(2)27-8)14(22)18-16(24)19-15(17)23/h3-5,8-9,13H,6-7H2,1-2H3,(H2,18,19,22,23,24)/t8-,9+,13+/m1/s1. The van der Waals surface area contributed by atoms with E-state index in [9.17, 15) is 24.5 Å². The van der Waals surface area contributed by atoms with Crippen molar-refractivity contribution >= 4 is 29.2 Å². The van der Waals surface area contributed by atoms with Gasteiger partial charge in [-0.25, -0.2) is 4.79 Å². The van der Waals surface area contributed by atoms with E-state index in [1.807, 2.05) is 11.8 Å². The highest BCUT2D eigenvalue weighted by Gasteiger charge is 2.62. The van der Waals surface area contributed by atoms with Crippen molar-refractivity contribution < 1.29 is 24.0 Å². The molecule has 3 heterocycles. The fourth-order valence-electron chi connectivity index (χ4n) is 4.55. The molecule has 4 amide bonds. The van der Waals surface area contributed by atoms with Crippen molar-refractivity contribution in [2.45, 2.75) is 38.5 Å². The molecule has 2 saturated heterocycles. The van der Waals surface area contributed by atoms with Crippen LogP contribution in [0.3, 0.4) is 0 Å². The van der Waals surface area contributed by atoms with Gasteiger partial charge in [0.05, 0.1) is 23.2 Å². The minimum Gasteiger partial charge on any atom is -0.372 e. The highest BCUT2D eigenvalue weighted by molar-refractivity contribution is 6.20. The summed E-state index contributed by atoms with van der Waals surface area (Å²) in [5, 5.41) is 15.5. The number of nitro benzene ring substituents is 1. The van der Waals surface area contributed by atoms with Gasteiger partial charge in [-0.1, -0.05) is 0 Å². The lowest BCUT2D eigenvalue weighted by atomic mass is 9.66. The first-order valence-electron chi connectivity index (χ1n) is 8.60. The minimum absolute atomic E-state index is 0.0573. The van der Waals surface area contributed by atoms with Crippen LogP contribution in [0.4, 0.5) is 16.2 Å². The number of carbonyl (C=O) groups excluding carboxylic acids is 3. The number of carbonyl (C=O) groups is 3. The molecule has 0 saturated carbocycles. The third-order valence-electron chi connectivity index (χ3n) is 5.50. The average Bonchev–Trinajstić information content (AvgIpc) is 2.58. The van der Waals surface area contributed by atoms with Gasteiger partial charge in [0.25, 0.3) is 5.69 Å². The number of rotatable bonds is 1. The zero-order valence-corrected chi connectivity index (χ0v) is 14.7. The summed E-state index contributed by atoms with van der Waals surface area (Å²) in [6, 6.07) is 2.92. The molecule has 1 aromatic carbocycles. The van der Waals surface area contributed by atoms with Gasteiger partial charge in [0, 0.05) is 30.8 Å². The molecule has 1 spiro atoms. The Morgan fingerprint density at radius 1 is 1.22 bits per heavy atom. The van der Waals surface area contributed by atoms with E-state index in [2.05, 4.69) is 10.6 Å². The Kier molecular flexibility index (Phi) is 3.70. The number of anilines is 1. The molecular weight excluding hydrogens is 356 g/mol. The highest BCUT2D eigenvalue weighted by atomic mass is 16.6. The van der Waals surface area contributed by atoms with Crippen LogP contribution in [0.15, 0.2) is 18.2 Å². The van der Waals surface area contributed by atoms with E-state index in [1.54, 1.807) is 13.0 Å². The zero-order valence-electron chi connectivity index (χ0n) is 14.7. The fourth-order valence-corrected chi connectivity index (χ4v) is 4.55. The third kappa shape index (κ3) is 2.40. The second kappa shape index (κ2) is 5.74. The molecular formula is C17H18N4O6. The number of urea groups is 1. The Morgan fingerprint density at radius 3 is 2.52 bits per heavy atom. The first kappa shape index (κ1) is 17.4.